The Bertz CT molecular complexity index is 508. The second kappa shape index (κ2) is 5.76. The Labute approximate surface area is 116 Å². The van der Waals surface area contributed by atoms with Crippen molar-refractivity contribution in [3.63, 3.8) is 0 Å². The van der Waals surface area contributed by atoms with Gasteiger partial charge in [0.25, 0.3) is 5.91 Å². The lowest BCUT2D eigenvalue weighted by Gasteiger charge is -2.26. The lowest BCUT2D eigenvalue weighted by atomic mass is 9.96. The minimum Gasteiger partial charge on any atom is -0.496 e. The fraction of sp³-hybridized carbons (Fsp3) is 0.500. The van der Waals surface area contributed by atoms with Crippen LogP contribution in [0.4, 0.5) is 4.39 Å². The molecule has 0 saturated carbocycles. The number of benzene rings is 1. The molecule has 5 nitrogen and oxygen atoms in total. The number of methoxy groups -OCH3 is 1. The zero-order valence-electron chi connectivity index (χ0n) is 11.5. The molecule has 0 aliphatic carbocycles. The Balaban J connectivity index is 2.09. The lowest BCUT2D eigenvalue weighted by Crippen LogP contribution is -2.47. The minimum atomic E-state index is -1.12. The van der Waals surface area contributed by atoms with Crippen LogP contribution < -0.4 is 10.1 Å². The van der Waals surface area contributed by atoms with Gasteiger partial charge in [0.2, 0.25) is 0 Å². The molecule has 2 unspecified atom stereocenters. The van der Waals surface area contributed by atoms with E-state index in [1.54, 1.807) is 6.92 Å². The molecule has 1 saturated heterocycles. The van der Waals surface area contributed by atoms with Crippen molar-refractivity contribution in [2.24, 2.45) is 0 Å². The molecule has 110 valence electrons. The molecule has 1 amide bonds. The quantitative estimate of drug-likeness (QED) is 0.868. The van der Waals surface area contributed by atoms with Crippen LogP contribution in [0.3, 0.4) is 0 Å². The molecular formula is C14H18FNO4. The number of amides is 1. The molecule has 1 aliphatic rings. The van der Waals surface area contributed by atoms with E-state index in [-0.39, 0.29) is 24.0 Å². The molecule has 2 atom stereocenters. The Hall–Kier alpha value is -1.66. The lowest BCUT2D eigenvalue weighted by molar-refractivity contribution is -0.0252. The summed E-state index contributed by atoms with van der Waals surface area (Å²) in [5, 5.41) is 12.8. The third kappa shape index (κ3) is 2.76. The van der Waals surface area contributed by atoms with E-state index >= 15 is 0 Å². The molecular weight excluding hydrogens is 265 g/mol. The monoisotopic (exact) mass is 283 g/mol. The van der Waals surface area contributed by atoms with Crippen LogP contribution in [0.15, 0.2) is 18.2 Å². The van der Waals surface area contributed by atoms with E-state index in [9.17, 15) is 14.3 Å². The van der Waals surface area contributed by atoms with Crippen molar-refractivity contribution >= 4 is 5.91 Å². The maximum atomic E-state index is 13.7. The predicted octanol–water partition coefficient (Wildman–Crippen LogP) is 1.10. The van der Waals surface area contributed by atoms with Crippen LogP contribution in [0.5, 0.6) is 5.75 Å². The van der Waals surface area contributed by atoms with Crippen molar-refractivity contribution in [2.75, 3.05) is 20.3 Å². The summed E-state index contributed by atoms with van der Waals surface area (Å²) in [5.74, 6) is -1.12. The van der Waals surface area contributed by atoms with Crippen LogP contribution in [0.2, 0.25) is 0 Å². The zero-order valence-corrected chi connectivity index (χ0v) is 11.5. The summed E-state index contributed by atoms with van der Waals surface area (Å²) in [6.07, 6.45) is 0.0633. The molecule has 1 aliphatic heterocycles. The van der Waals surface area contributed by atoms with Crippen molar-refractivity contribution in [1.29, 1.82) is 0 Å². The van der Waals surface area contributed by atoms with Crippen LogP contribution in [-0.2, 0) is 4.74 Å². The summed E-state index contributed by atoms with van der Waals surface area (Å²) in [6, 6.07) is 4.16. The highest BCUT2D eigenvalue weighted by Gasteiger charge is 2.39. The first-order valence-electron chi connectivity index (χ1n) is 6.42. The molecule has 0 bridgehead atoms. The van der Waals surface area contributed by atoms with Crippen LogP contribution >= 0.6 is 0 Å². The van der Waals surface area contributed by atoms with Crippen LogP contribution in [0.1, 0.15) is 23.7 Å². The second-order valence-electron chi connectivity index (χ2n) is 4.87. The second-order valence-corrected chi connectivity index (χ2v) is 4.87. The van der Waals surface area contributed by atoms with Gasteiger partial charge in [0.15, 0.2) is 0 Å². The van der Waals surface area contributed by atoms with E-state index in [4.69, 9.17) is 9.47 Å². The van der Waals surface area contributed by atoms with Gasteiger partial charge in [-0.15, -0.1) is 0 Å². The molecule has 1 heterocycles. The number of rotatable bonds is 4. The molecule has 1 aromatic rings. The molecule has 1 fully saturated rings. The van der Waals surface area contributed by atoms with E-state index in [1.807, 2.05) is 0 Å². The first-order valence-corrected chi connectivity index (χ1v) is 6.42. The number of ether oxygens (including phenoxy) is 2. The number of hydrogen-bond acceptors (Lipinski definition) is 4. The van der Waals surface area contributed by atoms with Crippen molar-refractivity contribution in [1.82, 2.24) is 5.32 Å². The predicted molar refractivity (Wildman–Crippen MR) is 70.3 cm³/mol. The zero-order chi connectivity index (χ0) is 14.8. The first kappa shape index (κ1) is 14.7. The highest BCUT2D eigenvalue weighted by molar-refractivity contribution is 5.97. The van der Waals surface area contributed by atoms with Crippen molar-refractivity contribution < 1.29 is 23.8 Å². The van der Waals surface area contributed by atoms with Gasteiger partial charge in [0, 0.05) is 19.6 Å². The van der Waals surface area contributed by atoms with Crippen molar-refractivity contribution in [3.8, 4) is 5.75 Å². The fourth-order valence-electron chi connectivity index (χ4n) is 2.22. The summed E-state index contributed by atoms with van der Waals surface area (Å²) >= 11 is 0. The number of halogens is 1. The van der Waals surface area contributed by atoms with E-state index in [1.165, 1.54) is 25.3 Å². The number of aliphatic hydroxyl groups is 1. The van der Waals surface area contributed by atoms with Gasteiger partial charge in [-0.1, -0.05) is 6.07 Å². The van der Waals surface area contributed by atoms with E-state index in [2.05, 4.69) is 5.32 Å². The largest absolute Gasteiger partial charge is 0.496 e. The third-order valence-electron chi connectivity index (χ3n) is 3.64. The minimum absolute atomic E-state index is 0.00445. The highest BCUT2D eigenvalue weighted by Crippen LogP contribution is 2.25. The molecule has 20 heavy (non-hydrogen) atoms. The van der Waals surface area contributed by atoms with E-state index < -0.39 is 17.3 Å². The maximum absolute atomic E-state index is 13.7. The normalized spacial score (nSPS) is 25.5. The van der Waals surface area contributed by atoms with Crippen LogP contribution in [0, 0.1) is 5.82 Å². The maximum Gasteiger partial charge on any atom is 0.258 e. The smallest absolute Gasteiger partial charge is 0.258 e. The van der Waals surface area contributed by atoms with Gasteiger partial charge in [-0.25, -0.2) is 4.39 Å². The number of hydrogen-bond donors (Lipinski definition) is 2. The number of carbonyl (C=O) groups excluding carboxylic acids is 1. The molecule has 2 rings (SSSR count). The summed E-state index contributed by atoms with van der Waals surface area (Å²) in [7, 11) is 1.37. The van der Waals surface area contributed by atoms with Gasteiger partial charge in [0.05, 0.1) is 13.2 Å². The molecule has 2 N–H and O–H groups in total. The molecule has 0 spiro atoms. The molecule has 1 aromatic carbocycles. The number of nitrogens with one attached hydrogen (secondary N) is 1. The summed E-state index contributed by atoms with van der Waals surface area (Å²) in [6.45, 7) is 2.18. The van der Waals surface area contributed by atoms with Gasteiger partial charge >= 0.3 is 0 Å². The van der Waals surface area contributed by atoms with E-state index in [0.717, 1.165) is 0 Å². The fourth-order valence-corrected chi connectivity index (χ4v) is 2.22. The van der Waals surface area contributed by atoms with Gasteiger partial charge in [-0.3, -0.25) is 4.79 Å². The van der Waals surface area contributed by atoms with Crippen LogP contribution in [-0.4, -0.2) is 43.0 Å². The van der Waals surface area contributed by atoms with Crippen molar-refractivity contribution in [2.45, 2.75) is 25.0 Å². The number of carbonyl (C=O) groups is 1. The van der Waals surface area contributed by atoms with E-state index in [0.29, 0.717) is 13.0 Å². The summed E-state index contributed by atoms with van der Waals surface area (Å²) in [5.41, 5.74) is -1.28. The topological polar surface area (TPSA) is 67.8 Å². The van der Waals surface area contributed by atoms with Gasteiger partial charge in [-0.05, 0) is 19.1 Å². The van der Waals surface area contributed by atoms with Gasteiger partial charge in [0.1, 0.15) is 22.7 Å². The Kier molecular flexibility index (Phi) is 4.25. The third-order valence-corrected chi connectivity index (χ3v) is 3.64. The van der Waals surface area contributed by atoms with Gasteiger partial charge < -0.3 is 19.9 Å². The van der Waals surface area contributed by atoms with Gasteiger partial charge in [-0.2, -0.15) is 0 Å². The average molecular weight is 283 g/mol. The molecule has 0 aromatic heterocycles. The Morgan fingerprint density at radius 3 is 3.00 bits per heavy atom. The summed E-state index contributed by atoms with van der Waals surface area (Å²) < 4.78 is 24.0. The Morgan fingerprint density at radius 2 is 2.40 bits per heavy atom. The first-order chi connectivity index (χ1) is 9.48. The summed E-state index contributed by atoms with van der Waals surface area (Å²) in [4.78, 5) is 12.1. The SMILES string of the molecule is COc1cccc(F)c1C(=O)NCC1(O)CCOC1C. The molecule has 6 heteroatoms. The van der Waals surface area contributed by atoms with Crippen molar-refractivity contribution in [3.05, 3.63) is 29.6 Å². The highest BCUT2D eigenvalue weighted by atomic mass is 19.1. The Morgan fingerprint density at radius 1 is 1.65 bits per heavy atom. The average Bonchev–Trinajstić information content (AvgIpc) is 2.76. The van der Waals surface area contributed by atoms with Crippen LogP contribution in [0.25, 0.3) is 0 Å². The standard InChI is InChI=1S/C14H18FNO4/c1-9-14(18,6-7-20-9)8-16-13(17)12-10(15)4-3-5-11(12)19-2/h3-5,9,18H,6-8H2,1-2H3,(H,16,17). The molecule has 0 radical (unpaired) electrons.